The van der Waals surface area contributed by atoms with Crippen LogP contribution in [0.3, 0.4) is 0 Å². The number of ether oxygens (including phenoxy) is 3. The number of esters is 1. The van der Waals surface area contributed by atoms with Gasteiger partial charge in [0.05, 0.1) is 13.2 Å². The highest BCUT2D eigenvalue weighted by atomic mass is 16.5. The largest absolute Gasteiger partial charge is 0.468 e. The highest BCUT2D eigenvalue weighted by Crippen LogP contribution is 2.31. The summed E-state index contributed by atoms with van der Waals surface area (Å²) in [5.74, 6) is 0.437. The minimum absolute atomic E-state index is 0.151. The quantitative estimate of drug-likeness (QED) is 0.776. The minimum Gasteiger partial charge on any atom is -0.468 e. The first kappa shape index (κ1) is 15.7. The molecule has 0 spiro atoms. The van der Waals surface area contributed by atoms with E-state index in [0.717, 1.165) is 51.9 Å². The van der Waals surface area contributed by atoms with Crippen molar-refractivity contribution in [1.29, 1.82) is 0 Å². The lowest BCUT2D eigenvalue weighted by Gasteiger charge is -2.38. The Balaban J connectivity index is 1.84. The zero-order valence-electron chi connectivity index (χ0n) is 12.7. The summed E-state index contributed by atoms with van der Waals surface area (Å²) in [6.07, 6.45) is 5.88. The van der Waals surface area contributed by atoms with E-state index in [1.54, 1.807) is 0 Å². The molecule has 0 bridgehead atoms. The Kier molecular flexibility index (Phi) is 5.81. The van der Waals surface area contributed by atoms with Gasteiger partial charge in [-0.2, -0.15) is 0 Å². The van der Waals surface area contributed by atoms with Crippen molar-refractivity contribution in [3.63, 3.8) is 0 Å². The van der Waals surface area contributed by atoms with E-state index in [1.807, 2.05) is 7.05 Å². The molecule has 5 nitrogen and oxygen atoms in total. The maximum atomic E-state index is 12.0. The molecule has 2 unspecified atom stereocenters. The van der Waals surface area contributed by atoms with E-state index in [-0.39, 0.29) is 12.1 Å². The Bertz CT molecular complexity index is 317. The third kappa shape index (κ3) is 3.71. The molecule has 0 radical (unpaired) electrons. The first-order valence-corrected chi connectivity index (χ1v) is 7.67. The van der Waals surface area contributed by atoms with Gasteiger partial charge >= 0.3 is 5.97 Å². The Labute approximate surface area is 121 Å². The van der Waals surface area contributed by atoms with Crippen molar-refractivity contribution in [2.24, 2.45) is 5.92 Å². The van der Waals surface area contributed by atoms with Gasteiger partial charge in [0.25, 0.3) is 0 Å². The van der Waals surface area contributed by atoms with Crippen molar-refractivity contribution < 1.29 is 19.0 Å². The maximum absolute atomic E-state index is 12.0. The Morgan fingerprint density at radius 3 is 2.75 bits per heavy atom. The molecule has 2 atom stereocenters. The molecule has 1 saturated carbocycles. The van der Waals surface area contributed by atoms with E-state index >= 15 is 0 Å². The van der Waals surface area contributed by atoms with Gasteiger partial charge in [-0.3, -0.25) is 4.79 Å². The van der Waals surface area contributed by atoms with Crippen molar-refractivity contribution in [2.45, 2.75) is 50.2 Å². The molecule has 1 N–H and O–H groups in total. The second-order valence-electron chi connectivity index (χ2n) is 5.93. The molecule has 0 aromatic rings. The number of carbonyl (C=O) groups is 1. The fraction of sp³-hybridized carbons (Fsp3) is 0.933. The van der Waals surface area contributed by atoms with Gasteiger partial charge in [0.15, 0.2) is 0 Å². The predicted molar refractivity (Wildman–Crippen MR) is 75.6 cm³/mol. The van der Waals surface area contributed by atoms with Crippen molar-refractivity contribution in [3.8, 4) is 0 Å². The topological polar surface area (TPSA) is 56.8 Å². The zero-order chi connectivity index (χ0) is 14.4. The highest BCUT2D eigenvalue weighted by Gasteiger charge is 2.43. The van der Waals surface area contributed by atoms with E-state index in [9.17, 15) is 4.79 Å². The van der Waals surface area contributed by atoms with Gasteiger partial charge in [-0.25, -0.2) is 0 Å². The average molecular weight is 285 g/mol. The molecule has 116 valence electrons. The van der Waals surface area contributed by atoms with E-state index in [4.69, 9.17) is 14.2 Å². The van der Waals surface area contributed by atoms with Crippen LogP contribution in [0, 0.1) is 5.92 Å². The summed E-state index contributed by atoms with van der Waals surface area (Å²) < 4.78 is 16.4. The van der Waals surface area contributed by atoms with Crippen molar-refractivity contribution in [3.05, 3.63) is 0 Å². The molecule has 2 fully saturated rings. The fourth-order valence-corrected chi connectivity index (χ4v) is 3.26. The van der Waals surface area contributed by atoms with E-state index in [0.29, 0.717) is 12.3 Å². The first-order chi connectivity index (χ1) is 9.70. The molecule has 2 aliphatic rings. The fourth-order valence-electron chi connectivity index (χ4n) is 3.26. The summed E-state index contributed by atoms with van der Waals surface area (Å²) in [4.78, 5) is 12.0. The summed E-state index contributed by atoms with van der Waals surface area (Å²) in [5.41, 5.74) is -0.562. The molecule has 1 heterocycles. The molecular formula is C15H27NO4. The molecule has 1 aliphatic heterocycles. The van der Waals surface area contributed by atoms with Crippen LogP contribution < -0.4 is 5.32 Å². The highest BCUT2D eigenvalue weighted by molar-refractivity contribution is 5.80. The second kappa shape index (κ2) is 7.38. The third-order valence-electron chi connectivity index (χ3n) is 4.67. The van der Waals surface area contributed by atoms with E-state index in [2.05, 4.69) is 5.32 Å². The molecule has 1 aliphatic carbocycles. The Hall–Kier alpha value is -0.650. The molecule has 20 heavy (non-hydrogen) atoms. The summed E-state index contributed by atoms with van der Waals surface area (Å²) in [7, 11) is 3.28. The summed E-state index contributed by atoms with van der Waals surface area (Å²) in [6, 6.07) is 0. The van der Waals surface area contributed by atoms with Gasteiger partial charge in [0, 0.05) is 26.2 Å². The van der Waals surface area contributed by atoms with Gasteiger partial charge in [-0.15, -0.1) is 0 Å². The van der Waals surface area contributed by atoms with Crippen LogP contribution in [0.4, 0.5) is 0 Å². The molecule has 1 saturated heterocycles. The van der Waals surface area contributed by atoms with Crippen LogP contribution in [0.15, 0.2) is 0 Å². The number of nitrogens with one attached hydrogen (secondary N) is 1. The summed E-state index contributed by atoms with van der Waals surface area (Å²) in [5, 5.41) is 3.16. The molecule has 0 amide bonds. The Morgan fingerprint density at radius 1 is 1.35 bits per heavy atom. The predicted octanol–water partition coefficient (Wildman–Crippen LogP) is 1.50. The zero-order valence-corrected chi connectivity index (χ0v) is 12.7. The maximum Gasteiger partial charge on any atom is 0.326 e. The molecule has 0 aromatic heterocycles. The Morgan fingerprint density at radius 2 is 2.10 bits per heavy atom. The number of hydrogen-bond donors (Lipinski definition) is 1. The molecule has 5 heteroatoms. The van der Waals surface area contributed by atoms with Crippen molar-refractivity contribution >= 4 is 5.97 Å². The van der Waals surface area contributed by atoms with Crippen LogP contribution in [-0.2, 0) is 19.0 Å². The van der Waals surface area contributed by atoms with Crippen LogP contribution in [0.1, 0.15) is 38.5 Å². The van der Waals surface area contributed by atoms with Gasteiger partial charge in [-0.1, -0.05) is 0 Å². The molecular weight excluding hydrogens is 258 g/mol. The lowest BCUT2D eigenvalue weighted by atomic mass is 9.80. The van der Waals surface area contributed by atoms with Crippen LogP contribution in [0.5, 0.6) is 0 Å². The summed E-state index contributed by atoms with van der Waals surface area (Å²) >= 11 is 0. The third-order valence-corrected chi connectivity index (χ3v) is 4.67. The van der Waals surface area contributed by atoms with E-state index < -0.39 is 5.54 Å². The van der Waals surface area contributed by atoms with Gasteiger partial charge < -0.3 is 19.5 Å². The van der Waals surface area contributed by atoms with Crippen LogP contribution >= 0.6 is 0 Å². The van der Waals surface area contributed by atoms with Crippen molar-refractivity contribution in [2.75, 3.05) is 34.0 Å². The average Bonchev–Trinajstić information content (AvgIpc) is 2.53. The lowest BCUT2D eigenvalue weighted by molar-refractivity contribution is -0.153. The summed E-state index contributed by atoms with van der Waals surface area (Å²) in [6.45, 7) is 2.48. The monoisotopic (exact) mass is 285 g/mol. The molecule has 2 rings (SSSR count). The van der Waals surface area contributed by atoms with E-state index in [1.165, 1.54) is 7.11 Å². The van der Waals surface area contributed by atoms with Crippen molar-refractivity contribution in [1.82, 2.24) is 5.32 Å². The number of methoxy groups -OCH3 is 1. The standard InChI is InChI=1S/C15H27NO4/c1-16-15(14(17)18-2)7-3-4-13(10-15)20-11-12-5-8-19-9-6-12/h12-13,16H,3-11H2,1-2H3. The lowest BCUT2D eigenvalue weighted by Crippen LogP contribution is -2.55. The second-order valence-corrected chi connectivity index (χ2v) is 5.93. The van der Waals surface area contributed by atoms with Crippen LogP contribution in [0.2, 0.25) is 0 Å². The first-order valence-electron chi connectivity index (χ1n) is 7.67. The van der Waals surface area contributed by atoms with Gasteiger partial charge in [0.1, 0.15) is 5.54 Å². The SMILES string of the molecule is CNC1(C(=O)OC)CCCC(OCC2CCOCC2)C1. The van der Waals surface area contributed by atoms with Gasteiger partial charge in [-0.05, 0) is 45.1 Å². The normalized spacial score (nSPS) is 32.0. The number of rotatable bonds is 5. The molecule has 0 aromatic carbocycles. The number of carbonyl (C=O) groups excluding carboxylic acids is 1. The number of likely N-dealkylation sites (N-methyl/N-ethyl adjacent to an activating group) is 1. The van der Waals surface area contributed by atoms with Gasteiger partial charge in [0.2, 0.25) is 0 Å². The van der Waals surface area contributed by atoms with Crippen LogP contribution in [-0.4, -0.2) is 51.6 Å². The van der Waals surface area contributed by atoms with Crippen LogP contribution in [0.25, 0.3) is 0 Å². The number of hydrogen-bond acceptors (Lipinski definition) is 5. The smallest absolute Gasteiger partial charge is 0.326 e. The minimum atomic E-state index is -0.562.